The highest BCUT2D eigenvalue weighted by Crippen LogP contribution is 2.37. The molecule has 0 saturated heterocycles. The minimum absolute atomic E-state index is 0.0162. The Hall–Kier alpha value is -2.62. The van der Waals surface area contributed by atoms with Gasteiger partial charge in [-0.3, -0.25) is 9.59 Å². The number of anilines is 2. The fraction of sp³-hybridized carbons (Fsp3) is 0.440. The van der Waals surface area contributed by atoms with E-state index in [1.54, 1.807) is 0 Å². The summed E-state index contributed by atoms with van der Waals surface area (Å²) >= 11 is 0. The number of para-hydroxylation sites is 2. The third-order valence-corrected chi connectivity index (χ3v) is 6.52. The van der Waals surface area contributed by atoms with Gasteiger partial charge in [-0.1, -0.05) is 36.4 Å². The quantitative estimate of drug-likeness (QED) is 0.751. The lowest BCUT2D eigenvalue weighted by atomic mass is 9.80. The Morgan fingerprint density at radius 1 is 0.931 bits per heavy atom. The van der Waals surface area contributed by atoms with Crippen LogP contribution in [0.5, 0.6) is 0 Å². The molecule has 1 aliphatic heterocycles. The predicted octanol–water partition coefficient (Wildman–Crippen LogP) is 4.82. The largest absolute Gasteiger partial charge is 0.312 e. The van der Waals surface area contributed by atoms with Gasteiger partial charge >= 0.3 is 0 Å². The van der Waals surface area contributed by atoms with Gasteiger partial charge < -0.3 is 9.80 Å². The van der Waals surface area contributed by atoms with Gasteiger partial charge in [-0.2, -0.15) is 0 Å². The number of carbonyl (C=O) groups is 2. The summed E-state index contributed by atoms with van der Waals surface area (Å²) < 4.78 is 0. The summed E-state index contributed by atoms with van der Waals surface area (Å²) in [4.78, 5) is 30.3. The Kier molecular flexibility index (Phi) is 5.70. The molecule has 0 radical (unpaired) electrons. The van der Waals surface area contributed by atoms with Crippen molar-refractivity contribution in [3.05, 3.63) is 60.2 Å². The average Bonchev–Trinajstić information content (AvgIpc) is 3.10. The molecule has 2 aromatic carbocycles. The summed E-state index contributed by atoms with van der Waals surface area (Å²) in [6.07, 6.45) is 4.11. The van der Waals surface area contributed by atoms with Crippen LogP contribution in [-0.4, -0.2) is 24.4 Å². The van der Waals surface area contributed by atoms with Gasteiger partial charge in [0.1, 0.15) is 0 Å². The van der Waals surface area contributed by atoms with Crippen LogP contribution in [0.15, 0.2) is 54.6 Å². The van der Waals surface area contributed by atoms with Crippen LogP contribution in [0.25, 0.3) is 0 Å². The van der Waals surface area contributed by atoms with Crippen molar-refractivity contribution >= 4 is 23.2 Å². The molecular weight excluding hydrogens is 360 g/mol. The smallest absolute Gasteiger partial charge is 0.230 e. The SMILES string of the molecule is CCN(C(=O)C1CCC(C(=O)N2c3ccccc3CC2C)CC1)c1ccccc1. The zero-order valence-electron chi connectivity index (χ0n) is 17.4. The van der Waals surface area contributed by atoms with Gasteiger partial charge in [-0.05, 0) is 69.7 Å². The lowest BCUT2D eigenvalue weighted by Gasteiger charge is -2.34. The Morgan fingerprint density at radius 2 is 1.55 bits per heavy atom. The molecule has 0 N–H and O–H groups in total. The van der Waals surface area contributed by atoms with Crippen LogP contribution in [0.3, 0.4) is 0 Å². The number of nitrogens with zero attached hydrogens (tertiary/aromatic N) is 2. The second-order valence-corrected chi connectivity index (χ2v) is 8.36. The van der Waals surface area contributed by atoms with Crippen molar-refractivity contribution in [2.45, 2.75) is 52.0 Å². The molecule has 1 aliphatic carbocycles. The van der Waals surface area contributed by atoms with Crippen LogP contribution in [0.4, 0.5) is 11.4 Å². The van der Waals surface area contributed by atoms with Gasteiger partial charge in [0.05, 0.1) is 0 Å². The van der Waals surface area contributed by atoms with Crippen molar-refractivity contribution in [2.75, 3.05) is 16.3 Å². The third kappa shape index (κ3) is 3.81. The van der Waals surface area contributed by atoms with Crippen molar-refractivity contribution in [1.29, 1.82) is 0 Å². The highest BCUT2D eigenvalue weighted by molar-refractivity contribution is 5.98. The van der Waals surface area contributed by atoms with E-state index >= 15 is 0 Å². The van der Waals surface area contributed by atoms with Gasteiger partial charge in [0.25, 0.3) is 0 Å². The first-order valence-electron chi connectivity index (χ1n) is 10.9. The predicted molar refractivity (Wildman–Crippen MR) is 117 cm³/mol. The maximum Gasteiger partial charge on any atom is 0.230 e. The van der Waals surface area contributed by atoms with E-state index in [-0.39, 0.29) is 29.7 Å². The molecule has 0 aromatic heterocycles. The van der Waals surface area contributed by atoms with Gasteiger partial charge in [-0.25, -0.2) is 0 Å². The molecule has 2 aromatic rings. The molecule has 2 amide bonds. The lowest BCUT2D eigenvalue weighted by molar-refractivity contribution is -0.127. The molecule has 1 unspecified atom stereocenters. The van der Waals surface area contributed by atoms with Crippen LogP contribution in [-0.2, 0) is 16.0 Å². The first-order valence-corrected chi connectivity index (χ1v) is 10.9. The molecule has 1 saturated carbocycles. The van der Waals surface area contributed by atoms with E-state index < -0.39 is 0 Å². The number of rotatable bonds is 4. The molecular formula is C25H30N2O2. The molecule has 2 aliphatic rings. The molecule has 1 atom stereocenters. The summed E-state index contributed by atoms with van der Waals surface area (Å²) in [5.74, 6) is 0.482. The Balaban J connectivity index is 1.40. The summed E-state index contributed by atoms with van der Waals surface area (Å²) in [5, 5.41) is 0. The van der Waals surface area contributed by atoms with Gasteiger partial charge in [-0.15, -0.1) is 0 Å². The summed E-state index contributed by atoms with van der Waals surface area (Å²) in [6, 6.07) is 18.3. The number of benzene rings is 2. The fourth-order valence-corrected chi connectivity index (χ4v) is 4.98. The van der Waals surface area contributed by atoms with Crippen LogP contribution in [0.1, 0.15) is 45.1 Å². The number of hydrogen-bond donors (Lipinski definition) is 0. The van der Waals surface area contributed by atoms with Crippen molar-refractivity contribution in [3.8, 4) is 0 Å². The first-order chi connectivity index (χ1) is 14.1. The van der Waals surface area contributed by atoms with Crippen molar-refractivity contribution < 1.29 is 9.59 Å². The topological polar surface area (TPSA) is 40.6 Å². The summed E-state index contributed by atoms with van der Waals surface area (Å²) in [7, 11) is 0. The minimum Gasteiger partial charge on any atom is -0.312 e. The van der Waals surface area contributed by atoms with E-state index in [2.05, 4.69) is 19.1 Å². The Morgan fingerprint density at radius 3 is 2.24 bits per heavy atom. The normalized spacial score (nSPS) is 23.5. The molecule has 1 fully saturated rings. The van der Waals surface area contributed by atoms with Gasteiger partial charge in [0, 0.05) is 35.8 Å². The fourth-order valence-electron chi connectivity index (χ4n) is 4.98. The molecule has 1 heterocycles. The van der Waals surface area contributed by atoms with Crippen LogP contribution in [0.2, 0.25) is 0 Å². The van der Waals surface area contributed by atoms with E-state index in [1.165, 1.54) is 5.56 Å². The van der Waals surface area contributed by atoms with E-state index in [4.69, 9.17) is 0 Å². The minimum atomic E-state index is 0.0162. The number of carbonyl (C=O) groups excluding carboxylic acids is 2. The standard InChI is InChI=1S/C25H30N2O2/c1-3-26(22-10-5-4-6-11-22)24(28)19-13-15-20(16-14-19)25(29)27-18(2)17-21-9-7-8-12-23(21)27/h4-12,18-20H,3,13-17H2,1-2H3. The van der Waals surface area contributed by atoms with Gasteiger partial charge in [0.15, 0.2) is 0 Å². The van der Waals surface area contributed by atoms with Crippen LogP contribution in [0, 0.1) is 11.8 Å². The maximum atomic E-state index is 13.3. The summed E-state index contributed by atoms with van der Waals surface area (Å²) in [6.45, 7) is 4.82. The molecule has 4 nitrogen and oxygen atoms in total. The first kappa shape index (κ1) is 19.7. The summed E-state index contributed by atoms with van der Waals surface area (Å²) in [5.41, 5.74) is 3.30. The molecule has 0 spiro atoms. The second-order valence-electron chi connectivity index (χ2n) is 8.36. The van der Waals surface area contributed by atoms with E-state index in [1.807, 2.05) is 59.2 Å². The van der Waals surface area contributed by atoms with Gasteiger partial charge in [0.2, 0.25) is 11.8 Å². The zero-order chi connectivity index (χ0) is 20.4. The maximum absolute atomic E-state index is 13.3. The van der Waals surface area contributed by atoms with Crippen molar-refractivity contribution in [2.24, 2.45) is 11.8 Å². The van der Waals surface area contributed by atoms with Crippen LogP contribution >= 0.6 is 0 Å². The Labute approximate surface area is 173 Å². The van der Waals surface area contributed by atoms with E-state index in [0.717, 1.165) is 43.5 Å². The monoisotopic (exact) mass is 390 g/mol. The van der Waals surface area contributed by atoms with E-state index in [0.29, 0.717) is 6.54 Å². The van der Waals surface area contributed by atoms with Crippen molar-refractivity contribution in [3.63, 3.8) is 0 Å². The van der Waals surface area contributed by atoms with Crippen molar-refractivity contribution in [1.82, 2.24) is 0 Å². The number of hydrogen-bond acceptors (Lipinski definition) is 2. The molecule has 0 bridgehead atoms. The highest BCUT2D eigenvalue weighted by Gasteiger charge is 2.38. The zero-order valence-corrected chi connectivity index (χ0v) is 17.4. The Bertz CT molecular complexity index is 871. The highest BCUT2D eigenvalue weighted by atomic mass is 16.2. The number of amides is 2. The second kappa shape index (κ2) is 8.40. The number of fused-ring (bicyclic) bond motifs is 1. The van der Waals surface area contributed by atoms with E-state index in [9.17, 15) is 9.59 Å². The molecule has 152 valence electrons. The van der Waals surface area contributed by atoms with Crippen LogP contribution < -0.4 is 9.80 Å². The third-order valence-electron chi connectivity index (χ3n) is 6.52. The lowest BCUT2D eigenvalue weighted by Crippen LogP contribution is -2.43. The molecule has 4 heteroatoms. The average molecular weight is 391 g/mol. The molecule has 4 rings (SSSR count). The molecule has 29 heavy (non-hydrogen) atoms.